The average Bonchev–Trinajstić information content (AvgIpc) is 2.99. The SMILES string of the molecule is CNS(=O)(=O)Cc1ccccc1CNC(=O)C[C@H]1C=CCC1. The van der Waals surface area contributed by atoms with Gasteiger partial charge in [-0.1, -0.05) is 36.4 Å². The van der Waals surface area contributed by atoms with Gasteiger partial charge in [-0.2, -0.15) is 0 Å². The minimum atomic E-state index is -3.32. The van der Waals surface area contributed by atoms with Crippen LogP contribution in [0.25, 0.3) is 0 Å². The van der Waals surface area contributed by atoms with Crippen molar-refractivity contribution < 1.29 is 13.2 Å². The van der Waals surface area contributed by atoms with E-state index in [2.05, 4.69) is 22.2 Å². The van der Waals surface area contributed by atoms with Crippen LogP contribution in [0.2, 0.25) is 0 Å². The number of carbonyl (C=O) groups excluding carboxylic acids is 1. The molecule has 1 aliphatic rings. The van der Waals surface area contributed by atoms with Crippen molar-refractivity contribution >= 4 is 15.9 Å². The Morgan fingerprint density at radius 2 is 2.00 bits per heavy atom. The lowest BCUT2D eigenvalue weighted by Gasteiger charge is -2.12. The van der Waals surface area contributed by atoms with Gasteiger partial charge in [0, 0.05) is 13.0 Å². The quantitative estimate of drug-likeness (QED) is 0.750. The summed E-state index contributed by atoms with van der Waals surface area (Å²) in [6.45, 7) is 0.352. The van der Waals surface area contributed by atoms with Crippen LogP contribution in [0.5, 0.6) is 0 Å². The number of rotatable bonds is 7. The third-order valence-electron chi connectivity index (χ3n) is 3.81. The molecule has 1 aromatic rings. The number of sulfonamides is 1. The molecule has 22 heavy (non-hydrogen) atoms. The largest absolute Gasteiger partial charge is 0.352 e. The minimum absolute atomic E-state index is 0.00262. The Hall–Kier alpha value is -1.66. The number of amides is 1. The van der Waals surface area contributed by atoms with Gasteiger partial charge in [-0.25, -0.2) is 13.1 Å². The van der Waals surface area contributed by atoms with Gasteiger partial charge in [0.2, 0.25) is 15.9 Å². The predicted molar refractivity (Wildman–Crippen MR) is 86.5 cm³/mol. The molecule has 1 atom stereocenters. The van der Waals surface area contributed by atoms with Gasteiger partial charge < -0.3 is 5.32 Å². The highest BCUT2D eigenvalue weighted by atomic mass is 32.2. The first kappa shape index (κ1) is 16.7. The molecule has 2 rings (SSSR count). The molecule has 0 aromatic heterocycles. The monoisotopic (exact) mass is 322 g/mol. The Morgan fingerprint density at radius 3 is 2.64 bits per heavy atom. The number of benzene rings is 1. The topological polar surface area (TPSA) is 75.3 Å². The van der Waals surface area contributed by atoms with Crippen molar-refractivity contribution in [2.75, 3.05) is 7.05 Å². The molecule has 0 saturated carbocycles. The van der Waals surface area contributed by atoms with E-state index in [4.69, 9.17) is 0 Å². The van der Waals surface area contributed by atoms with Crippen molar-refractivity contribution in [3.63, 3.8) is 0 Å². The van der Waals surface area contributed by atoms with Crippen molar-refractivity contribution in [1.29, 1.82) is 0 Å². The number of nitrogens with one attached hydrogen (secondary N) is 2. The predicted octanol–water partition coefficient (Wildman–Crippen LogP) is 1.71. The smallest absolute Gasteiger partial charge is 0.220 e. The second-order valence-corrected chi connectivity index (χ2v) is 7.40. The lowest BCUT2D eigenvalue weighted by atomic mass is 10.0. The summed E-state index contributed by atoms with van der Waals surface area (Å²) in [4.78, 5) is 11.9. The number of carbonyl (C=O) groups is 1. The Kier molecular flexibility index (Phi) is 5.74. The zero-order valence-corrected chi connectivity index (χ0v) is 13.5. The Bertz CT molecular complexity index is 653. The first-order valence-corrected chi connectivity index (χ1v) is 9.07. The molecule has 0 aliphatic heterocycles. The van der Waals surface area contributed by atoms with Crippen molar-refractivity contribution in [2.24, 2.45) is 5.92 Å². The Balaban J connectivity index is 1.94. The second-order valence-electron chi connectivity index (χ2n) is 5.48. The van der Waals surface area contributed by atoms with Gasteiger partial charge in [0.15, 0.2) is 0 Å². The van der Waals surface area contributed by atoms with Crippen LogP contribution >= 0.6 is 0 Å². The van der Waals surface area contributed by atoms with Gasteiger partial charge in [-0.15, -0.1) is 0 Å². The van der Waals surface area contributed by atoms with Gasteiger partial charge in [0.05, 0.1) is 5.75 Å². The van der Waals surface area contributed by atoms with Crippen LogP contribution < -0.4 is 10.0 Å². The molecular weight excluding hydrogens is 300 g/mol. The fraction of sp³-hybridized carbons (Fsp3) is 0.438. The van der Waals surface area contributed by atoms with Gasteiger partial charge in [-0.05, 0) is 36.9 Å². The van der Waals surface area contributed by atoms with E-state index in [1.807, 2.05) is 12.1 Å². The molecule has 2 N–H and O–H groups in total. The lowest BCUT2D eigenvalue weighted by Crippen LogP contribution is -2.26. The highest BCUT2D eigenvalue weighted by Gasteiger charge is 2.15. The fourth-order valence-corrected chi connectivity index (χ4v) is 3.35. The molecule has 1 aliphatic carbocycles. The highest BCUT2D eigenvalue weighted by Crippen LogP contribution is 2.20. The summed E-state index contributed by atoms with van der Waals surface area (Å²) in [5, 5.41) is 2.88. The molecule has 0 spiro atoms. The van der Waals surface area contributed by atoms with E-state index < -0.39 is 10.0 Å². The summed E-state index contributed by atoms with van der Waals surface area (Å²) in [6, 6.07) is 7.26. The standard InChI is InChI=1S/C16H22N2O3S/c1-17-22(20,21)12-15-9-5-4-8-14(15)11-18-16(19)10-13-6-2-3-7-13/h2,4-6,8-9,13,17H,3,7,10-12H2,1H3,(H,18,19)/t13-/m0/s1. The van der Waals surface area contributed by atoms with E-state index in [1.54, 1.807) is 12.1 Å². The van der Waals surface area contributed by atoms with Gasteiger partial charge in [0.25, 0.3) is 0 Å². The molecule has 120 valence electrons. The van der Waals surface area contributed by atoms with Crippen LogP contribution in [-0.2, 0) is 27.1 Å². The maximum Gasteiger partial charge on any atom is 0.220 e. The fourth-order valence-electron chi connectivity index (χ4n) is 2.52. The summed E-state index contributed by atoms with van der Waals surface area (Å²) in [7, 11) is -1.93. The van der Waals surface area contributed by atoms with Crippen LogP contribution in [-0.4, -0.2) is 21.4 Å². The molecule has 1 amide bonds. The lowest BCUT2D eigenvalue weighted by molar-refractivity contribution is -0.121. The zero-order chi connectivity index (χ0) is 16.0. The second kappa shape index (κ2) is 7.56. The summed E-state index contributed by atoms with van der Waals surface area (Å²) in [5.74, 6) is 0.253. The third-order valence-corrected chi connectivity index (χ3v) is 5.12. The maximum absolute atomic E-state index is 11.9. The molecule has 0 unspecified atom stereocenters. The number of hydrogen-bond donors (Lipinski definition) is 2. The summed E-state index contributed by atoms with van der Waals surface area (Å²) < 4.78 is 25.7. The normalized spacial score (nSPS) is 17.6. The molecule has 0 radical (unpaired) electrons. The molecule has 0 heterocycles. The molecule has 5 nitrogen and oxygen atoms in total. The molecule has 1 aromatic carbocycles. The van der Waals surface area contributed by atoms with Crippen molar-refractivity contribution in [1.82, 2.24) is 10.0 Å². The number of hydrogen-bond acceptors (Lipinski definition) is 3. The Labute approximate surface area is 131 Å². The van der Waals surface area contributed by atoms with Gasteiger partial charge in [-0.3, -0.25) is 4.79 Å². The summed E-state index contributed by atoms with van der Waals surface area (Å²) in [5.41, 5.74) is 1.54. The van der Waals surface area contributed by atoms with Crippen LogP contribution in [0.3, 0.4) is 0 Å². The van der Waals surface area contributed by atoms with Gasteiger partial charge >= 0.3 is 0 Å². The van der Waals surface area contributed by atoms with E-state index in [9.17, 15) is 13.2 Å². The molecule has 6 heteroatoms. The maximum atomic E-state index is 11.9. The van der Waals surface area contributed by atoms with E-state index in [-0.39, 0.29) is 11.7 Å². The summed E-state index contributed by atoms with van der Waals surface area (Å²) >= 11 is 0. The minimum Gasteiger partial charge on any atom is -0.352 e. The van der Waals surface area contributed by atoms with Crippen molar-refractivity contribution in [3.05, 3.63) is 47.5 Å². The van der Waals surface area contributed by atoms with Crippen molar-refractivity contribution in [3.8, 4) is 0 Å². The van der Waals surface area contributed by atoms with Crippen LogP contribution in [0.15, 0.2) is 36.4 Å². The van der Waals surface area contributed by atoms with E-state index >= 15 is 0 Å². The van der Waals surface area contributed by atoms with Crippen LogP contribution in [0.1, 0.15) is 30.4 Å². The zero-order valence-electron chi connectivity index (χ0n) is 12.7. The number of allylic oxidation sites excluding steroid dienone is 2. The Morgan fingerprint density at radius 1 is 1.27 bits per heavy atom. The molecule has 0 saturated heterocycles. The summed E-state index contributed by atoms with van der Waals surface area (Å²) in [6.07, 6.45) is 6.77. The van der Waals surface area contributed by atoms with Crippen LogP contribution in [0, 0.1) is 5.92 Å². The van der Waals surface area contributed by atoms with Crippen molar-refractivity contribution in [2.45, 2.75) is 31.6 Å². The highest BCUT2D eigenvalue weighted by molar-refractivity contribution is 7.88. The molecule has 0 bridgehead atoms. The van der Waals surface area contributed by atoms with E-state index in [0.29, 0.717) is 24.4 Å². The van der Waals surface area contributed by atoms with E-state index in [0.717, 1.165) is 18.4 Å². The van der Waals surface area contributed by atoms with E-state index in [1.165, 1.54) is 7.05 Å². The first-order valence-electron chi connectivity index (χ1n) is 7.41. The molecular formula is C16H22N2O3S. The third kappa shape index (κ3) is 4.96. The first-order chi connectivity index (χ1) is 10.5. The average molecular weight is 322 g/mol. The molecule has 0 fully saturated rings. The van der Waals surface area contributed by atoms with Crippen LogP contribution in [0.4, 0.5) is 0 Å². The van der Waals surface area contributed by atoms with Gasteiger partial charge in [0.1, 0.15) is 0 Å².